The van der Waals surface area contributed by atoms with E-state index in [1.165, 1.54) is 25.3 Å². The number of anilines is 1. The van der Waals surface area contributed by atoms with Gasteiger partial charge in [0.1, 0.15) is 0 Å². The van der Waals surface area contributed by atoms with E-state index in [0.29, 0.717) is 5.56 Å². The Morgan fingerprint density at radius 3 is 2.56 bits per heavy atom. The number of halogens is 1. The summed E-state index contributed by atoms with van der Waals surface area (Å²) in [4.78, 5) is 22.9. The van der Waals surface area contributed by atoms with Crippen molar-refractivity contribution >= 4 is 29.0 Å². The fourth-order valence-corrected chi connectivity index (χ4v) is 1.35. The molecular weight excluding hydrogens is 230 g/mol. The number of benzene rings is 1. The minimum absolute atomic E-state index is 0.172. The number of nitrogen functional groups attached to an aromatic ring is 1. The lowest BCUT2D eigenvalue weighted by Crippen LogP contribution is -2.13. The third kappa shape index (κ3) is 2.52. The number of methoxy groups -OCH3 is 1. The molecule has 0 aliphatic carbocycles. The Labute approximate surface area is 98.3 Å². The standard InChI is InChI=1S/C11H12ClNO3/c1-6(12)10(14)7-3-4-9(13)8(5-7)11(15)16-2/h3-6H,13H2,1-2H3. The van der Waals surface area contributed by atoms with Gasteiger partial charge in [0.05, 0.1) is 18.1 Å². The number of carbonyl (C=O) groups excluding carboxylic acids is 2. The minimum Gasteiger partial charge on any atom is -0.465 e. The van der Waals surface area contributed by atoms with Crippen LogP contribution in [0.4, 0.5) is 5.69 Å². The molecule has 4 nitrogen and oxygen atoms in total. The third-order valence-corrected chi connectivity index (χ3v) is 2.30. The number of rotatable bonds is 3. The van der Waals surface area contributed by atoms with Gasteiger partial charge in [-0.25, -0.2) is 4.79 Å². The Morgan fingerprint density at radius 2 is 2.06 bits per heavy atom. The zero-order valence-corrected chi connectivity index (χ0v) is 9.75. The van der Waals surface area contributed by atoms with Gasteiger partial charge in [0.15, 0.2) is 5.78 Å². The highest BCUT2D eigenvalue weighted by Crippen LogP contribution is 2.17. The van der Waals surface area contributed by atoms with Crippen molar-refractivity contribution < 1.29 is 14.3 Å². The highest BCUT2D eigenvalue weighted by Gasteiger charge is 2.16. The molecule has 0 spiro atoms. The Kier molecular flexibility index (Phi) is 3.90. The number of nitrogens with two attached hydrogens (primary N) is 1. The van der Waals surface area contributed by atoms with Crippen molar-refractivity contribution in [3.63, 3.8) is 0 Å². The second kappa shape index (κ2) is 4.99. The van der Waals surface area contributed by atoms with E-state index in [2.05, 4.69) is 4.74 Å². The lowest BCUT2D eigenvalue weighted by atomic mass is 10.0. The topological polar surface area (TPSA) is 69.4 Å². The van der Waals surface area contributed by atoms with Gasteiger partial charge in [-0.3, -0.25) is 4.79 Å². The van der Waals surface area contributed by atoms with Crippen LogP contribution in [0.25, 0.3) is 0 Å². The molecule has 0 bridgehead atoms. The third-order valence-electron chi connectivity index (χ3n) is 2.10. The Bertz CT molecular complexity index is 429. The van der Waals surface area contributed by atoms with Gasteiger partial charge in [-0.05, 0) is 25.1 Å². The summed E-state index contributed by atoms with van der Waals surface area (Å²) in [5.41, 5.74) is 6.38. The van der Waals surface area contributed by atoms with Crippen LogP contribution in [0, 0.1) is 0 Å². The molecule has 1 atom stereocenters. The first-order chi connectivity index (χ1) is 7.47. The number of hydrogen-bond donors (Lipinski definition) is 1. The van der Waals surface area contributed by atoms with E-state index in [1.807, 2.05) is 0 Å². The molecule has 5 heteroatoms. The predicted molar refractivity (Wildman–Crippen MR) is 61.8 cm³/mol. The molecule has 86 valence electrons. The maximum Gasteiger partial charge on any atom is 0.339 e. The van der Waals surface area contributed by atoms with Crippen LogP contribution >= 0.6 is 11.6 Å². The van der Waals surface area contributed by atoms with Crippen molar-refractivity contribution in [1.29, 1.82) is 0 Å². The van der Waals surface area contributed by atoms with Gasteiger partial charge in [0.2, 0.25) is 0 Å². The number of alkyl halides is 1. The number of esters is 1. The zero-order chi connectivity index (χ0) is 12.3. The highest BCUT2D eigenvalue weighted by molar-refractivity contribution is 6.33. The molecule has 1 unspecified atom stereocenters. The molecule has 0 heterocycles. The van der Waals surface area contributed by atoms with Crippen molar-refractivity contribution in [2.45, 2.75) is 12.3 Å². The first-order valence-corrected chi connectivity index (χ1v) is 5.07. The van der Waals surface area contributed by atoms with Crippen LogP contribution < -0.4 is 5.73 Å². The number of ether oxygens (including phenoxy) is 1. The lowest BCUT2D eigenvalue weighted by Gasteiger charge is -2.07. The average molecular weight is 242 g/mol. The van der Waals surface area contributed by atoms with Crippen molar-refractivity contribution in [2.24, 2.45) is 0 Å². The zero-order valence-electron chi connectivity index (χ0n) is 8.99. The van der Waals surface area contributed by atoms with E-state index >= 15 is 0 Å². The van der Waals surface area contributed by atoms with Crippen molar-refractivity contribution in [1.82, 2.24) is 0 Å². The summed E-state index contributed by atoms with van der Waals surface area (Å²) in [6.07, 6.45) is 0. The largest absolute Gasteiger partial charge is 0.465 e. The van der Waals surface area contributed by atoms with Crippen molar-refractivity contribution in [3.8, 4) is 0 Å². The second-order valence-corrected chi connectivity index (χ2v) is 3.93. The van der Waals surface area contributed by atoms with E-state index < -0.39 is 11.3 Å². The van der Waals surface area contributed by atoms with Crippen LogP contribution in [-0.2, 0) is 4.74 Å². The summed E-state index contributed by atoms with van der Waals surface area (Å²) in [5, 5.41) is -0.644. The molecule has 16 heavy (non-hydrogen) atoms. The van der Waals surface area contributed by atoms with Crippen LogP contribution in [0.3, 0.4) is 0 Å². The molecule has 0 aromatic heterocycles. The number of hydrogen-bond acceptors (Lipinski definition) is 4. The SMILES string of the molecule is COC(=O)c1cc(C(=O)C(C)Cl)ccc1N. The van der Waals surface area contributed by atoms with Gasteiger partial charge in [-0.1, -0.05) is 0 Å². The van der Waals surface area contributed by atoms with Gasteiger partial charge >= 0.3 is 5.97 Å². The summed E-state index contributed by atoms with van der Waals surface area (Å²) in [6, 6.07) is 4.41. The average Bonchev–Trinajstić information content (AvgIpc) is 2.27. The van der Waals surface area contributed by atoms with Gasteiger partial charge in [0, 0.05) is 11.3 Å². The van der Waals surface area contributed by atoms with E-state index in [4.69, 9.17) is 17.3 Å². The van der Waals surface area contributed by atoms with Crippen molar-refractivity contribution in [2.75, 3.05) is 12.8 Å². The first-order valence-electron chi connectivity index (χ1n) is 4.63. The van der Waals surface area contributed by atoms with Crippen LogP contribution in [0.5, 0.6) is 0 Å². The molecule has 1 rings (SSSR count). The van der Waals surface area contributed by atoms with Crippen LogP contribution in [0.15, 0.2) is 18.2 Å². The molecule has 1 aromatic carbocycles. The summed E-state index contributed by atoms with van der Waals surface area (Å²) < 4.78 is 4.55. The number of Topliss-reactive ketones (excluding diaryl/α,β-unsaturated/α-hetero) is 1. The molecule has 0 aliphatic heterocycles. The van der Waals surface area contributed by atoms with Crippen LogP contribution in [0.1, 0.15) is 27.6 Å². The molecule has 0 radical (unpaired) electrons. The molecule has 0 saturated carbocycles. The maximum atomic E-state index is 11.6. The molecule has 0 aliphatic rings. The molecule has 1 aromatic rings. The number of ketones is 1. The van der Waals surface area contributed by atoms with E-state index in [1.54, 1.807) is 6.92 Å². The fraction of sp³-hybridized carbons (Fsp3) is 0.273. The Hall–Kier alpha value is -1.55. The Balaban J connectivity index is 3.17. The summed E-state index contributed by atoms with van der Waals surface area (Å²) >= 11 is 5.67. The quantitative estimate of drug-likeness (QED) is 0.380. The van der Waals surface area contributed by atoms with Gasteiger partial charge in [-0.2, -0.15) is 0 Å². The molecular formula is C11H12ClNO3. The summed E-state index contributed by atoms with van der Waals surface area (Å²) in [5.74, 6) is -0.832. The van der Waals surface area contributed by atoms with Crippen molar-refractivity contribution in [3.05, 3.63) is 29.3 Å². The first kappa shape index (κ1) is 12.5. The van der Waals surface area contributed by atoms with E-state index in [9.17, 15) is 9.59 Å². The van der Waals surface area contributed by atoms with Gasteiger partial charge < -0.3 is 10.5 Å². The monoisotopic (exact) mass is 241 g/mol. The molecule has 2 N–H and O–H groups in total. The minimum atomic E-state index is -0.644. The smallest absolute Gasteiger partial charge is 0.339 e. The van der Waals surface area contributed by atoms with Gasteiger partial charge in [0.25, 0.3) is 0 Å². The molecule has 0 saturated heterocycles. The normalized spacial score (nSPS) is 11.9. The summed E-state index contributed by atoms with van der Waals surface area (Å²) in [7, 11) is 1.25. The maximum absolute atomic E-state index is 11.6. The van der Waals surface area contributed by atoms with Crippen LogP contribution in [-0.4, -0.2) is 24.2 Å². The molecule has 0 fully saturated rings. The summed E-state index contributed by atoms with van der Waals surface area (Å²) in [6.45, 7) is 1.57. The van der Waals surface area contributed by atoms with E-state index in [0.717, 1.165) is 0 Å². The van der Waals surface area contributed by atoms with E-state index in [-0.39, 0.29) is 17.0 Å². The second-order valence-electron chi connectivity index (χ2n) is 3.27. The van der Waals surface area contributed by atoms with Gasteiger partial charge in [-0.15, -0.1) is 11.6 Å². The Morgan fingerprint density at radius 1 is 1.44 bits per heavy atom. The fourth-order valence-electron chi connectivity index (χ4n) is 1.23. The van der Waals surface area contributed by atoms with Crippen LogP contribution in [0.2, 0.25) is 0 Å². The molecule has 0 amide bonds. The lowest BCUT2D eigenvalue weighted by molar-refractivity contribution is 0.0602. The highest BCUT2D eigenvalue weighted by atomic mass is 35.5. The predicted octanol–water partition coefficient (Wildman–Crippen LogP) is 1.87. The number of carbonyl (C=O) groups is 2.